The van der Waals surface area contributed by atoms with E-state index in [2.05, 4.69) is 22.2 Å². The summed E-state index contributed by atoms with van der Waals surface area (Å²) in [6, 6.07) is 7.99. The molecule has 0 aliphatic heterocycles. The summed E-state index contributed by atoms with van der Waals surface area (Å²) in [6.07, 6.45) is 5.54. The van der Waals surface area contributed by atoms with Crippen molar-refractivity contribution in [3.8, 4) is 5.75 Å². The molecule has 1 N–H and O–H groups in total. The van der Waals surface area contributed by atoms with E-state index in [1.807, 2.05) is 50.5 Å². The average Bonchev–Trinajstić information content (AvgIpc) is 2.45. The second kappa shape index (κ2) is 7.01. The third kappa shape index (κ3) is 3.78. The molecule has 20 heavy (non-hydrogen) atoms. The summed E-state index contributed by atoms with van der Waals surface area (Å²) in [4.78, 5) is 8.71. The van der Waals surface area contributed by atoms with Crippen molar-refractivity contribution >= 4 is 0 Å². The Morgan fingerprint density at radius 3 is 2.75 bits per heavy atom. The van der Waals surface area contributed by atoms with E-state index in [9.17, 15) is 0 Å². The molecule has 2 heterocycles. The van der Waals surface area contributed by atoms with Crippen LogP contribution in [-0.4, -0.2) is 22.6 Å². The van der Waals surface area contributed by atoms with Gasteiger partial charge < -0.3 is 10.1 Å². The highest BCUT2D eigenvalue weighted by Crippen LogP contribution is 2.23. The van der Waals surface area contributed by atoms with Gasteiger partial charge >= 0.3 is 0 Å². The Morgan fingerprint density at radius 2 is 2.10 bits per heavy atom. The lowest BCUT2D eigenvalue weighted by atomic mass is 10.0. The number of hydrogen-bond donors (Lipinski definition) is 1. The zero-order valence-electron chi connectivity index (χ0n) is 12.2. The van der Waals surface area contributed by atoms with Gasteiger partial charge in [-0.1, -0.05) is 13.0 Å². The lowest BCUT2D eigenvalue weighted by Gasteiger charge is -2.18. The molecule has 0 aliphatic carbocycles. The van der Waals surface area contributed by atoms with Crippen LogP contribution in [0, 0.1) is 0 Å². The Balaban J connectivity index is 2.30. The Labute approximate surface area is 120 Å². The third-order valence-corrected chi connectivity index (χ3v) is 2.83. The molecule has 0 saturated carbocycles. The van der Waals surface area contributed by atoms with Crippen molar-refractivity contribution in [1.82, 2.24) is 15.3 Å². The molecule has 0 fully saturated rings. The lowest BCUT2D eigenvalue weighted by Crippen LogP contribution is -2.23. The highest BCUT2D eigenvalue weighted by molar-refractivity contribution is 5.31. The summed E-state index contributed by atoms with van der Waals surface area (Å²) in [7, 11) is 0. The predicted molar refractivity (Wildman–Crippen MR) is 79.8 cm³/mol. The van der Waals surface area contributed by atoms with Crippen molar-refractivity contribution in [2.24, 2.45) is 0 Å². The van der Waals surface area contributed by atoms with Crippen molar-refractivity contribution in [2.45, 2.75) is 32.9 Å². The van der Waals surface area contributed by atoms with E-state index in [1.165, 1.54) is 0 Å². The fraction of sp³-hybridized carbons (Fsp3) is 0.375. The minimum atomic E-state index is 0.0319. The van der Waals surface area contributed by atoms with Crippen LogP contribution in [0.1, 0.15) is 38.1 Å². The standard InChI is InChI=1S/C16H21N3O/c1-4-18-16(15-7-5-6-8-19-15)13-9-14(11-17-10-13)20-12(2)3/h5-12,16,18H,4H2,1-3H3. The minimum Gasteiger partial charge on any atom is -0.489 e. The van der Waals surface area contributed by atoms with Gasteiger partial charge in [0.05, 0.1) is 24.0 Å². The van der Waals surface area contributed by atoms with Crippen LogP contribution in [-0.2, 0) is 0 Å². The van der Waals surface area contributed by atoms with E-state index in [1.54, 1.807) is 6.20 Å². The molecule has 1 atom stereocenters. The fourth-order valence-electron chi connectivity index (χ4n) is 2.07. The number of hydrogen-bond acceptors (Lipinski definition) is 4. The van der Waals surface area contributed by atoms with Crippen LogP contribution < -0.4 is 10.1 Å². The predicted octanol–water partition coefficient (Wildman–Crippen LogP) is 2.96. The first kappa shape index (κ1) is 14.5. The van der Waals surface area contributed by atoms with Gasteiger partial charge in [0.1, 0.15) is 5.75 Å². The molecule has 0 spiro atoms. The normalized spacial score (nSPS) is 12.4. The first-order valence-corrected chi connectivity index (χ1v) is 6.96. The molecular weight excluding hydrogens is 250 g/mol. The van der Waals surface area contributed by atoms with Gasteiger partial charge in [-0.25, -0.2) is 0 Å². The van der Waals surface area contributed by atoms with Crippen LogP contribution >= 0.6 is 0 Å². The molecule has 0 radical (unpaired) electrons. The van der Waals surface area contributed by atoms with Crippen molar-refractivity contribution in [2.75, 3.05) is 6.54 Å². The van der Waals surface area contributed by atoms with E-state index in [4.69, 9.17) is 4.74 Å². The highest BCUT2D eigenvalue weighted by atomic mass is 16.5. The van der Waals surface area contributed by atoms with Crippen molar-refractivity contribution < 1.29 is 4.74 Å². The molecule has 0 aromatic carbocycles. The molecule has 2 rings (SSSR count). The number of nitrogens with one attached hydrogen (secondary N) is 1. The third-order valence-electron chi connectivity index (χ3n) is 2.83. The van der Waals surface area contributed by atoms with Gasteiger partial charge in [-0.05, 0) is 44.2 Å². The van der Waals surface area contributed by atoms with Crippen LogP contribution in [0.4, 0.5) is 0 Å². The molecule has 4 nitrogen and oxygen atoms in total. The number of ether oxygens (including phenoxy) is 1. The van der Waals surface area contributed by atoms with Crippen LogP contribution in [0.15, 0.2) is 42.9 Å². The van der Waals surface area contributed by atoms with Crippen molar-refractivity contribution in [3.63, 3.8) is 0 Å². The molecule has 4 heteroatoms. The second-order valence-electron chi connectivity index (χ2n) is 4.87. The van der Waals surface area contributed by atoms with Crippen LogP contribution in [0.3, 0.4) is 0 Å². The van der Waals surface area contributed by atoms with E-state index in [-0.39, 0.29) is 12.1 Å². The molecule has 106 valence electrons. The summed E-state index contributed by atoms with van der Waals surface area (Å²) >= 11 is 0. The molecule has 0 bridgehead atoms. The molecule has 0 aliphatic rings. The number of nitrogens with zero attached hydrogens (tertiary/aromatic N) is 2. The molecular formula is C16H21N3O. The van der Waals surface area contributed by atoms with E-state index in [0.29, 0.717) is 0 Å². The Hall–Kier alpha value is -1.94. The van der Waals surface area contributed by atoms with Gasteiger partial charge in [-0.3, -0.25) is 9.97 Å². The monoisotopic (exact) mass is 271 g/mol. The van der Waals surface area contributed by atoms with Gasteiger partial charge in [-0.2, -0.15) is 0 Å². The average molecular weight is 271 g/mol. The minimum absolute atomic E-state index is 0.0319. The Bertz CT molecular complexity index is 528. The summed E-state index contributed by atoms with van der Waals surface area (Å²) in [5, 5.41) is 3.44. The first-order valence-electron chi connectivity index (χ1n) is 6.96. The van der Waals surface area contributed by atoms with E-state index < -0.39 is 0 Å². The molecule has 1 unspecified atom stereocenters. The van der Waals surface area contributed by atoms with Crippen LogP contribution in [0.25, 0.3) is 0 Å². The quantitative estimate of drug-likeness (QED) is 0.877. The number of rotatable bonds is 6. The number of pyridine rings is 2. The van der Waals surface area contributed by atoms with Crippen molar-refractivity contribution in [3.05, 3.63) is 54.1 Å². The molecule has 2 aromatic rings. The second-order valence-corrected chi connectivity index (χ2v) is 4.87. The van der Waals surface area contributed by atoms with Gasteiger partial charge in [-0.15, -0.1) is 0 Å². The lowest BCUT2D eigenvalue weighted by molar-refractivity contribution is 0.241. The first-order chi connectivity index (χ1) is 9.70. The van der Waals surface area contributed by atoms with Gasteiger partial charge in [0.2, 0.25) is 0 Å². The van der Waals surface area contributed by atoms with Crippen LogP contribution in [0.5, 0.6) is 5.75 Å². The maximum absolute atomic E-state index is 5.71. The summed E-state index contributed by atoms with van der Waals surface area (Å²) in [5.41, 5.74) is 2.04. The number of aromatic nitrogens is 2. The molecule has 2 aromatic heterocycles. The van der Waals surface area contributed by atoms with Gasteiger partial charge in [0.25, 0.3) is 0 Å². The highest BCUT2D eigenvalue weighted by Gasteiger charge is 2.15. The molecule has 0 amide bonds. The zero-order chi connectivity index (χ0) is 14.4. The Kier molecular flexibility index (Phi) is 5.07. The van der Waals surface area contributed by atoms with Crippen LogP contribution in [0.2, 0.25) is 0 Å². The Morgan fingerprint density at radius 1 is 1.25 bits per heavy atom. The van der Waals surface area contributed by atoms with Gasteiger partial charge in [0.15, 0.2) is 0 Å². The smallest absolute Gasteiger partial charge is 0.138 e. The maximum atomic E-state index is 5.71. The zero-order valence-corrected chi connectivity index (χ0v) is 12.2. The van der Waals surface area contributed by atoms with Gasteiger partial charge in [0, 0.05) is 12.4 Å². The fourth-order valence-corrected chi connectivity index (χ4v) is 2.07. The SMILES string of the molecule is CCNC(c1cncc(OC(C)C)c1)c1ccccn1. The summed E-state index contributed by atoms with van der Waals surface area (Å²) < 4.78 is 5.71. The topological polar surface area (TPSA) is 47.0 Å². The largest absolute Gasteiger partial charge is 0.489 e. The van der Waals surface area contributed by atoms with E-state index in [0.717, 1.165) is 23.6 Å². The summed E-state index contributed by atoms with van der Waals surface area (Å²) in [5.74, 6) is 0.788. The maximum Gasteiger partial charge on any atom is 0.138 e. The van der Waals surface area contributed by atoms with Crippen molar-refractivity contribution in [1.29, 1.82) is 0 Å². The van der Waals surface area contributed by atoms with E-state index >= 15 is 0 Å². The molecule has 0 saturated heterocycles. The summed E-state index contributed by atoms with van der Waals surface area (Å²) in [6.45, 7) is 6.95.